The second-order valence-electron chi connectivity index (χ2n) is 4.87. The fraction of sp³-hybridized carbons (Fsp3) is 0.400. The number of benzene rings is 1. The lowest BCUT2D eigenvalue weighted by Gasteiger charge is -2.22. The van der Waals surface area contributed by atoms with E-state index in [0.717, 1.165) is 27.6 Å². The molecule has 0 saturated heterocycles. The van der Waals surface area contributed by atoms with E-state index in [1.54, 1.807) is 0 Å². The van der Waals surface area contributed by atoms with Gasteiger partial charge in [-0.25, -0.2) is 0 Å². The van der Waals surface area contributed by atoms with Crippen molar-refractivity contribution in [2.45, 2.75) is 26.3 Å². The molecule has 1 heterocycles. The molecule has 5 heteroatoms. The molecule has 0 aliphatic rings. The first-order valence-corrected chi connectivity index (χ1v) is 8.30. The van der Waals surface area contributed by atoms with Crippen molar-refractivity contribution in [3.63, 3.8) is 0 Å². The third kappa shape index (κ3) is 3.15. The molecule has 3 nitrogen and oxygen atoms in total. The molecule has 1 unspecified atom stereocenters. The van der Waals surface area contributed by atoms with Crippen LogP contribution in [0.4, 0.5) is 0 Å². The van der Waals surface area contributed by atoms with Gasteiger partial charge in [0.1, 0.15) is 0 Å². The highest BCUT2D eigenvalue weighted by Gasteiger charge is 2.22. The highest BCUT2D eigenvalue weighted by molar-refractivity contribution is 9.10. The maximum Gasteiger partial charge on any atom is 0.0770 e. The SMILES string of the molecule is CCCNC(c1cccc(C)c1Br)c1c(Br)cnn1C. The first kappa shape index (κ1) is 15.7. The van der Waals surface area contributed by atoms with Crippen LogP contribution in [-0.4, -0.2) is 16.3 Å². The van der Waals surface area contributed by atoms with Crippen LogP contribution in [-0.2, 0) is 7.05 Å². The Hall–Kier alpha value is -0.650. The minimum Gasteiger partial charge on any atom is -0.305 e. The number of rotatable bonds is 5. The van der Waals surface area contributed by atoms with Gasteiger partial charge in [0.25, 0.3) is 0 Å². The summed E-state index contributed by atoms with van der Waals surface area (Å²) < 4.78 is 4.11. The van der Waals surface area contributed by atoms with E-state index in [2.05, 4.69) is 74.3 Å². The highest BCUT2D eigenvalue weighted by Crippen LogP contribution is 2.33. The topological polar surface area (TPSA) is 29.9 Å². The smallest absolute Gasteiger partial charge is 0.0770 e. The molecular weight excluding hydrogens is 382 g/mol. The van der Waals surface area contributed by atoms with Gasteiger partial charge in [0.05, 0.1) is 22.4 Å². The number of hydrogen-bond donors (Lipinski definition) is 1. The molecule has 0 aliphatic carbocycles. The molecule has 1 atom stereocenters. The van der Waals surface area contributed by atoms with E-state index in [1.165, 1.54) is 11.1 Å². The molecule has 0 bridgehead atoms. The lowest BCUT2D eigenvalue weighted by Crippen LogP contribution is -2.26. The third-order valence-corrected chi connectivity index (χ3v) is 5.04. The Morgan fingerprint density at radius 2 is 2.10 bits per heavy atom. The molecule has 108 valence electrons. The quantitative estimate of drug-likeness (QED) is 0.808. The predicted octanol–water partition coefficient (Wildman–Crippen LogP) is 4.34. The van der Waals surface area contributed by atoms with Crippen LogP contribution in [0.2, 0.25) is 0 Å². The second-order valence-corrected chi connectivity index (χ2v) is 6.51. The van der Waals surface area contributed by atoms with E-state index in [1.807, 2.05) is 17.9 Å². The van der Waals surface area contributed by atoms with Crippen molar-refractivity contribution in [3.05, 3.63) is 50.2 Å². The van der Waals surface area contributed by atoms with Gasteiger partial charge in [-0.3, -0.25) is 4.68 Å². The van der Waals surface area contributed by atoms with Crippen molar-refractivity contribution < 1.29 is 0 Å². The van der Waals surface area contributed by atoms with E-state index in [4.69, 9.17) is 0 Å². The molecule has 1 aromatic carbocycles. The van der Waals surface area contributed by atoms with Crippen molar-refractivity contribution >= 4 is 31.9 Å². The van der Waals surface area contributed by atoms with Crippen LogP contribution in [0.5, 0.6) is 0 Å². The Labute approximate surface area is 137 Å². The molecular formula is C15H19Br2N3. The number of nitrogens with one attached hydrogen (secondary N) is 1. The van der Waals surface area contributed by atoms with Crippen LogP contribution < -0.4 is 5.32 Å². The zero-order chi connectivity index (χ0) is 14.7. The van der Waals surface area contributed by atoms with Gasteiger partial charge in [0, 0.05) is 11.5 Å². The lowest BCUT2D eigenvalue weighted by atomic mass is 10.0. The summed E-state index contributed by atoms with van der Waals surface area (Å²) in [6.45, 7) is 5.25. The summed E-state index contributed by atoms with van der Waals surface area (Å²) in [7, 11) is 1.98. The minimum atomic E-state index is 0.117. The molecule has 0 amide bonds. The van der Waals surface area contributed by atoms with E-state index >= 15 is 0 Å². The number of hydrogen-bond acceptors (Lipinski definition) is 2. The van der Waals surface area contributed by atoms with Crippen LogP contribution in [0.3, 0.4) is 0 Å². The van der Waals surface area contributed by atoms with Gasteiger partial charge in [-0.15, -0.1) is 0 Å². The monoisotopic (exact) mass is 399 g/mol. The van der Waals surface area contributed by atoms with Crippen molar-refractivity contribution in [3.8, 4) is 0 Å². The Balaban J connectivity index is 2.50. The molecule has 0 aliphatic heterocycles. The van der Waals surface area contributed by atoms with Crippen molar-refractivity contribution in [2.75, 3.05) is 6.54 Å². The first-order valence-electron chi connectivity index (χ1n) is 6.72. The third-order valence-electron chi connectivity index (χ3n) is 3.34. The van der Waals surface area contributed by atoms with E-state index in [9.17, 15) is 0 Å². The average molecular weight is 401 g/mol. The highest BCUT2D eigenvalue weighted by atomic mass is 79.9. The molecule has 20 heavy (non-hydrogen) atoms. The van der Waals surface area contributed by atoms with Crippen LogP contribution in [0.15, 0.2) is 33.3 Å². The number of halogens is 2. The summed E-state index contributed by atoms with van der Waals surface area (Å²) >= 11 is 7.33. The van der Waals surface area contributed by atoms with Crippen molar-refractivity contribution in [2.24, 2.45) is 7.05 Å². The normalized spacial score (nSPS) is 12.7. The first-order chi connectivity index (χ1) is 9.56. The molecule has 0 radical (unpaired) electrons. The summed E-state index contributed by atoms with van der Waals surface area (Å²) in [6, 6.07) is 6.48. The number of aryl methyl sites for hydroxylation is 2. The summed E-state index contributed by atoms with van der Waals surface area (Å²) in [4.78, 5) is 0. The fourth-order valence-electron chi connectivity index (χ4n) is 2.28. The molecule has 1 N–H and O–H groups in total. The number of aromatic nitrogens is 2. The molecule has 0 fully saturated rings. The Morgan fingerprint density at radius 3 is 2.70 bits per heavy atom. The van der Waals surface area contributed by atoms with E-state index in [-0.39, 0.29) is 6.04 Å². The van der Waals surface area contributed by atoms with Crippen molar-refractivity contribution in [1.29, 1.82) is 0 Å². The summed E-state index contributed by atoms with van der Waals surface area (Å²) in [5.41, 5.74) is 3.62. The molecule has 0 spiro atoms. The Bertz CT molecular complexity index is 573. The maximum atomic E-state index is 4.34. The zero-order valence-corrected chi connectivity index (χ0v) is 15.1. The predicted molar refractivity (Wildman–Crippen MR) is 89.9 cm³/mol. The van der Waals surface area contributed by atoms with Crippen LogP contribution in [0, 0.1) is 6.92 Å². The largest absolute Gasteiger partial charge is 0.305 e. The fourth-order valence-corrected chi connectivity index (χ4v) is 3.35. The summed E-state index contributed by atoms with van der Waals surface area (Å²) in [6.07, 6.45) is 2.94. The molecule has 2 aromatic rings. The van der Waals surface area contributed by atoms with Gasteiger partial charge in [-0.1, -0.05) is 41.1 Å². The second kappa shape index (κ2) is 6.87. The van der Waals surface area contributed by atoms with Gasteiger partial charge < -0.3 is 5.32 Å². The zero-order valence-electron chi connectivity index (χ0n) is 12.0. The molecule has 0 saturated carbocycles. The van der Waals surface area contributed by atoms with Crippen molar-refractivity contribution in [1.82, 2.24) is 15.1 Å². The van der Waals surface area contributed by atoms with Crippen LogP contribution in [0.25, 0.3) is 0 Å². The van der Waals surface area contributed by atoms with Gasteiger partial charge in [-0.05, 0) is 46.9 Å². The van der Waals surface area contributed by atoms with Crippen LogP contribution in [0.1, 0.15) is 36.2 Å². The Morgan fingerprint density at radius 1 is 1.35 bits per heavy atom. The van der Waals surface area contributed by atoms with Crippen LogP contribution >= 0.6 is 31.9 Å². The minimum absolute atomic E-state index is 0.117. The van der Waals surface area contributed by atoms with Gasteiger partial charge in [-0.2, -0.15) is 5.10 Å². The lowest BCUT2D eigenvalue weighted by molar-refractivity contribution is 0.550. The van der Waals surface area contributed by atoms with Gasteiger partial charge in [0.2, 0.25) is 0 Å². The summed E-state index contributed by atoms with van der Waals surface area (Å²) in [5, 5.41) is 7.95. The maximum absolute atomic E-state index is 4.34. The number of nitrogens with zero attached hydrogens (tertiary/aromatic N) is 2. The van der Waals surface area contributed by atoms with Gasteiger partial charge in [0.15, 0.2) is 0 Å². The molecule has 1 aromatic heterocycles. The summed E-state index contributed by atoms with van der Waals surface area (Å²) in [5.74, 6) is 0. The molecule has 2 rings (SSSR count). The average Bonchev–Trinajstić information content (AvgIpc) is 2.75. The standard InChI is InChI=1S/C15H19Br2N3/c1-4-8-18-14(15-12(16)9-19-20(15)3)11-7-5-6-10(2)13(11)17/h5-7,9,14,18H,4,8H2,1-3H3. The Kier molecular flexibility index (Phi) is 5.41. The van der Waals surface area contributed by atoms with E-state index < -0.39 is 0 Å². The van der Waals surface area contributed by atoms with E-state index in [0.29, 0.717) is 0 Å². The van der Waals surface area contributed by atoms with Gasteiger partial charge >= 0.3 is 0 Å².